The Kier molecular flexibility index (Phi) is 5.43. The normalized spacial score (nSPS) is 12.6. The first-order valence-electron chi connectivity index (χ1n) is 9.67. The number of anilines is 2. The molecule has 0 saturated heterocycles. The topological polar surface area (TPSA) is 113 Å². The molecule has 1 unspecified atom stereocenters. The zero-order valence-electron chi connectivity index (χ0n) is 17.8. The minimum atomic E-state index is -1.17. The van der Waals surface area contributed by atoms with Gasteiger partial charge in [0.1, 0.15) is 17.7 Å². The molecule has 3 aromatic rings. The van der Waals surface area contributed by atoms with Crippen molar-refractivity contribution in [3.63, 3.8) is 0 Å². The van der Waals surface area contributed by atoms with Crippen molar-refractivity contribution in [2.75, 3.05) is 11.1 Å². The third-order valence-electron chi connectivity index (χ3n) is 4.97. The van der Waals surface area contributed by atoms with Crippen LogP contribution in [-0.2, 0) is 4.79 Å². The Labute approximate surface area is 175 Å². The smallest absolute Gasteiger partial charge is 0.408 e. The zero-order chi connectivity index (χ0) is 22.2. The Morgan fingerprint density at radius 2 is 1.93 bits per heavy atom. The number of amides is 2. The average Bonchev–Trinajstić information content (AvgIpc) is 3.05. The number of nitrogens with one attached hydrogen (secondary N) is 1. The first-order valence-corrected chi connectivity index (χ1v) is 9.67. The van der Waals surface area contributed by atoms with Gasteiger partial charge in [0.15, 0.2) is 0 Å². The number of carboxylic acid groups (broad SMARTS) is 1. The van der Waals surface area contributed by atoms with E-state index in [2.05, 4.69) is 10.3 Å². The van der Waals surface area contributed by atoms with Crippen LogP contribution in [0.25, 0.3) is 16.6 Å². The molecule has 0 aliphatic heterocycles. The van der Waals surface area contributed by atoms with Crippen molar-refractivity contribution in [1.82, 2.24) is 14.5 Å². The number of benzene rings is 1. The van der Waals surface area contributed by atoms with Crippen LogP contribution in [0.1, 0.15) is 33.3 Å². The number of carbonyl (C=O) groups is 2. The van der Waals surface area contributed by atoms with E-state index in [1.165, 1.54) is 0 Å². The van der Waals surface area contributed by atoms with Gasteiger partial charge in [0, 0.05) is 29.3 Å². The number of aryl methyl sites for hydroxylation is 1. The van der Waals surface area contributed by atoms with E-state index in [1.807, 2.05) is 42.0 Å². The Morgan fingerprint density at radius 1 is 1.23 bits per heavy atom. The van der Waals surface area contributed by atoms with Gasteiger partial charge in [-0.05, 0) is 46.2 Å². The lowest BCUT2D eigenvalue weighted by molar-refractivity contribution is -0.121. The summed E-state index contributed by atoms with van der Waals surface area (Å²) in [4.78, 5) is 29.8. The summed E-state index contributed by atoms with van der Waals surface area (Å²) in [5, 5.41) is 13.3. The van der Waals surface area contributed by atoms with Crippen molar-refractivity contribution >= 4 is 34.5 Å². The highest BCUT2D eigenvalue weighted by atomic mass is 16.4. The number of rotatable bonds is 4. The first-order chi connectivity index (χ1) is 14.0. The summed E-state index contributed by atoms with van der Waals surface area (Å²) in [6.07, 6.45) is 0.771. The summed E-state index contributed by atoms with van der Waals surface area (Å²) >= 11 is 0. The van der Waals surface area contributed by atoms with Crippen molar-refractivity contribution < 1.29 is 14.7 Å². The van der Waals surface area contributed by atoms with Crippen molar-refractivity contribution in [3.05, 3.63) is 48.2 Å². The molecule has 2 amide bonds. The maximum atomic E-state index is 12.8. The minimum Gasteiger partial charge on any atom is -0.465 e. The van der Waals surface area contributed by atoms with Crippen LogP contribution in [0.15, 0.2) is 42.6 Å². The van der Waals surface area contributed by atoms with Gasteiger partial charge in [-0.3, -0.25) is 9.69 Å². The molecule has 8 heteroatoms. The fourth-order valence-electron chi connectivity index (χ4n) is 3.71. The Balaban J connectivity index is 1.94. The summed E-state index contributed by atoms with van der Waals surface area (Å²) in [6, 6.07) is 10.6. The maximum absolute atomic E-state index is 12.8. The number of hydrogen-bond donors (Lipinski definition) is 3. The highest BCUT2D eigenvalue weighted by molar-refractivity contribution is 5.96. The summed E-state index contributed by atoms with van der Waals surface area (Å²) < 4.78 is 1.99. The molecular weight excluding hydrogens is 382 g/mol. The molecule has 158 valence electrons. The molecule has 2 aromatic heterocycles. The average molecular weight is 409 g/mol. The van der Waals surface area contributed by atoms with E-state index in [4.69, 9.17) is 5.73 Å². The van der Waals surface area contributed by atoms with Crippen molar-refractivity contribution in [2.24, 2.45) is 0 Å². The van der Waals surface area contributed by atoms with Crippen LogP contribution in [-0.4, -0.2) is 43.1 Å². The molecule has 0 aliphatic carbocycles. The molecule has 2 heterocycles. The number of hydrogen-bond acceptors (Lipinski definition) is 4. The highest BCUT2D eigenvalue weighted by Crippen LogP contribution is 2.26. The van der Waals surface area contributed by atoms with Gasteiger partial charge in [0.25, 0.3) is 0 Å². The van der Waals surface area contributed by atoms with Gasteiger partial charge in [-0.2, -0.15) is 0 Å². The largest absolute Gasteiger partial charge is 0.465 e. The second-order valence-corrected chi connectivity index (χ2v) is 8.32. The number of para-hydroxylation sites is 1. The predicted molar refractivity (Wildman–Crippen MR) is 118 cm³/mol. The molecule has 0 aliphatic rings. The van der Waals surface area contributed by atoms with Gasteiger partial charge in [-0.1, -0.05) is 18.2 Å². The maximum Gasteiger partial charge on any atom is 0.408 e. The molecular formula is C22H27N5O3. The van der Waals surface area contributed by atoms with Crippen molar-refractivity contribution in [1.29, 1.82) is 0 Å². The monoisotopic (exact) mass is 409 g/mol. The van der Waals surface area contributed by atoms with Gasteiger partial charge in [0.2, 0.25) is 5.91 Å². The van der Waals surface area contributed by atoms with Crippen LogP contribution in [0.2, 0.25) is 0 Å². The van der Waals surface area contributed by atoms with E-state index in [1.54, 1.807) is 39.8 Å². The molecule has 30 heavy (non-hydrogen) atoms. The second-order valence-electron chi connectivity index (χ2n) is 8.32. The summed E-state index contributed by atoms with van der Waals surface area (Å²) in [7, 11) is 0. The van der Waals surface area contributed by atoms with Gasteiger partial charge in [-0.15, -0.1) is 0 Å². The van der Waals surface area contributed by atoms with Crippen LogP contribution in [0, 0.1) is 6.92 Å². The molecule has 3 rings (SSSR count). The molecule has 1 aromatic carbocycles. The quantitative estimate of drug-likeness (QED) is 0.602. The number of aromatic nitrogens is 2. The van der Waals surface area contributed by atoms with Crippen LogP contribution >= 0.6 is 0 Å². The van der Waals surface area contributed by atoms with E-state index in [-0.39, 0.29) is 11.6 Å². The highest BCUT2D eigenvalue weighted by Gasteiger charge is 2.34. The Bertz CT molecular complexity index is 1110. The molecule has 0 bridgehead atoms. The van der Waals surface area contributed by atoms with Crippen molar-refractivity contribution in [2.45, 2.75) is 46.2 Å². The Hall–Kier alpha value is -3.55. The van der Waals surface area contributed by atoms with Gasteiger partial charge in [0.05, 0.1) is 11.2 Å². The number of nitrogens with zero attached hydrogens (tertiary/aromatic N) is 3. The summed E-state index contributed by atoms with van der Waals surface area (Å²) in [6.45, 7) is 8.79. The third-order valence-corrected chi connectivity index (χ3v) is 4.97. The summed E-state index contributed by atoms with van der Waals surface area (Å²) in [5.74, 6) is 0.0262. The number of nitrogen functional groups attached to an aromatic ring is 1. The fourth-order valence-corrected chi connectivity index (χ4v) is 3.71. The van der Waals surface area contributed by atoms with E-state index in [0.717, 1.165) is 27.1 Å². The zero-order valence-corrected chi connectivity index (χ0v) is 17.8. The SMILES string of the molecule is Cc1cccc2ccn(-c3cc(N)nc(NC(=O)C(C)N(C(=O)O)C(C)(C)C)c3)c12. The predicted octanol–water partition coefficient (Wildman–Crippen LogP) is 4.02. The van der Waals surface area contributed by atoms with Crippen LogP contribution < -0.4 is 11.1 Å². The lowest BCUT2D eigenvalue weighted by Gasteiger charge is -2.37. The van der Waals surface area contributed by atoms with E-state index in [0.29, 0.717) is 0 Å². The van der Waals surface area contributed by atoms with Crippen molar-refractivity contribution in [3.8, 4) is 5.69 Å². The number of pyridine rings is 1. The molecule has 0 saturated carbocycles. The molecule has 1 atom stereocenters. The van der Waals surface area contributed by atoms with Gasteiger partial charge in [-0.25, -0.2) is 9.78 Å². The minimum absolute atomic E-state index is 0.247. The lowest BCUT2D eigenvalue weighted by atomic mass is 10.0. The van der Waals surface area contributed by atoms with Gasteiger partial charge >= 0.3 is 6.09 Å². The summed E-state index contributed by atoms with van der Waals surface area (Å²) in [5.41, 5.74) is 8.16. The standard InChI is InChI=1S/C22H27N5O3/c1-13-7-6-8-15-9-10-26(19(13)15)16-11-17(23)24-18(12-16)25-20(28)14(2)27(21(29)30)22(3,4)5/h6-12,14H,1-5H3,(H,29,30)(H3,23,24,25,28). The number of carbonyl (C=O) groups excluding carboxylic acids is 1. The molecule has 0 spiro atoms. The third kappa shape index (κ3) is 4.07. The first kappa shape index (κ1) is 21.2. The van der Waals surface area contributed by atoms with Crippen LogP contribution in [0.5, 0.6) is 0 Å². The fraction of sp³-hybridized carbons (Fsp3) is 0.318. The molecule has 0 fully saturated rings. The van der Waals surface area contributed by atoms with Crippen LogP contribution in [0.4, 0.5) is 16.4 Å². The molecule has 4 N–H and O–H groups in total. The van der Waals surface area contributed by atoms with Gasteiger partial charge < -0.3 is 20.7 Å². The number of fused-ring (bicyclic) bond motifs is 1. The molecule has 0 radical (unpaired) electrons. The molecule has 8 nitrogen and oxygen atoms in total. The van der Waals surface area contributed by atoms with E-state index >= 15 is 0 Å². The lowest BCUT2D eigenvalue weighted by Crippen LogP contribution is -2.54. The van der Waals surface area contributed by atoms with E-state index in [9.17, 15) is 14.7 Å². The van der Waals surface area contributed by atoms with Crippen LogP contribution in [0.3, 0.4) is 0 Å². The Morgan fingerprint density at radius 3 is 2.57 bits per heavy atom. The van der Waals surface area contributed by atoms with E-state index < -0.39 is 23.6 Å². The second kappa shape index (κ2) is 7.70. The number of nitrogens with two attached hydrogens (primary N) is 1.